The van der Waals surface area contributed by atoms with Crippen molar-refractivity contribution in [3.63, 3.8) is 0 Å². The highest BCUT2D eigenvalue weighted by Crippen LogP contribution is 2.29. The maximum absolute atomic E-state index is 10.9. The number of ether oxygens (including phenoxy) is 2. The van der Waals surface area contributed by atoms with Gasteiger partial charge in [0.25, 0.3) is 0 Å². The summed E-state index contributed by atoms with van der Waals surface area (Å²) in [6.45, 7) is 5.36. The van der Waals surface area contributed by atoms with Gasteiger partial charge in [0.05, 0.1) is 13.2 Å². The number of carbonyl (C=O) groups is 1. The molecular weight excluding hydrogens is 252 g/mol. The molecule has 0 aromatic heterocycles. The molecule has 1 aromatic rings. The predicted octanol–water partition coefficient (Wildman–Crippen LogP) is 3.57. The van der Waals surface area contributed by atoms with E-state index in [1.54, 1.807) is 0 Å². The molecule has 0 aliphatic heterocycles. The summed E-state index contributed by atoms with van der Waals surface area (Å²) in [5.41, 5.74) is 0.838. The molecule has 1 rings (SSSR count). The largest absolute Gasteiger partial charge is 0.490 e. The lowest BCUT2D eigenvalue weighted by Gasteiger charge is -2.13. The number of carbonyl (C=O) groups excluding carboxylic acids is 1. The van der Waals surface area contributed by atoms with E-state index >= 15 is 0 Å². The van der Waals surface area contributed by atoms with Crippen molar-refractivity contribution in [2.45, 2.75) is 33.1 Å². The predicted molar refractivity (Wildman–Crippen MR) is 72.6 cm³/mol. The average Bonchev–Trinajstić information content (AvgIpc) is 2.34. The van der Waals surface area contributed by atoms with Crippen LogP contribution in [0.2, 0.25) is 0 Å². The van der Waals surface area contributed by atoms with E-state index in [1.165, 1.54) is 0 Å². The third-order valence-electron chi connectivity index (χ3n) is 2.27. The van der Waals surface area contributed by atoms with Crippen molar-refractivity contribution in [3.05, 3.63) is 23.8 Å². The second-order valence-electron chi connectivity index (χ2n) is 4.01. The Kier molecular flexibility index (Phi) is 6.58. The van der Waals surface area contributed by atoms with Crippen LogP contribution in [0.5, 0.6) is 11.5 Å². The number of hydrogen-bond donors (Lipinski definition) is 0. The van der Waals surface area contributed by atoms with Gasteiger partial charge in [0.1, 0.15) is 0 Å². The van der Waals surface area contributed by atoms with Crippen molar-refractivity contribution in [1.82, 2.24) is 0 Å². The van der Waals surface area contributed by atoms with Crippen molar-refractivity contribution in [3.8, 4) is 11.5 Å². The lowest BCUT2D eigenvalue weighted by atomic mass is 10.1. The van der Waals surface area contributed by atoms with Gasteiger partial charge in [-0.1, -0.05) is 19.9 Å². The van der Waals surface area contributed by atoms with E-state index in [-0.39, 0.29) is 11.7 Å². The van der Waals surface area contributed by atoms with Crippen LogP contribution in [0, 0.1) is 0 Å². The van der Waals surface area contributed by atoms with E-state index in [0.29, 0.717) is 19.0 Å². The van der Waals surface area contributed by atoms with Crippen LogP contribution in [-0.4, -0.2) is 18.5 Å². The molecule has 0 saturated carbocycles. The second kappa shape index (κ2) is 7.98. The molecule has 0 saturated heterocycles. The number of benzene rings is 1. The highest BCUT2D eigenvalue weighted by Gasteiger charge is 2.08. The fourth-order valence-corrected chi connectivity index (χ4v) is 1.63. The molecule has 3 nitrogen and oxygen atoms in total. The van der Waals surface area contributed by atoms with Gasteiger partial charge in [-0.3, -0.25) is 4.79 Å². The molecule has 100 valence electrons. The Morgan fingerprint density at radius 2 is 1.72 bits per heavy atom. The van der Waals surface area contributed by atoms with Crippen LogP contribution in [0.15, 0.2) is 18.2 Å². The Morgan fingerprint density at radius 1 is 1.11 bits per heavy atom. The molecule has 0 bridgehead atoms. The van der Waals surface area contributed by atoms with Crippen molar-refractivity contribution < 1.29 is 14.3 Å². The summed E-state index contributed by atoms with van der Waals surface area (Å²) in [6, 6.07) is 5.49. The fraction of sp³-hybridized carbons (Fsp3) is 0.500. The molecule has 4 heteroatoms. The van der Waals surface area contributed by atoms with E-state index in [0.717, 1.165) is 24.2 Å². The first-order valence-electron chi connectivity index (χ1n) is 6.24. The zero-order chi connectivity index (χ0) is 13.4. The van der Waals surface area contributed by atoms with E-state index in [2.05, 4.69) is 0 Å². The van der Waals surface area contributed by atoms with Gasteiger partial charge in [0, 0.05) is 6.42 Å². The van der Waals surface area contributed by atoms with Crippen LogP contribution in [0.25, 0.3) is 0 Å². The Balaban J connectivity index is 2.84. The summed E-state index contributed by atoms with van der Waals surface area (Å²) in [5.74, 6) is 1.40. The third kappa shape index (κ3) is 4.96. The molecular formula is C14H19ClO3. The minimum Gasteiger partial charge on any atom is -0.490 e. The highest BCUT2D eigenvalue weighted by molar-refractivity contribution is 6.63. The van der Waals surface area contributed by atoms with Gasteiger partial charge in [-0.15, -0.1) is 0 Å². The first kappa shape index (κ1) is 14.8. The van der Waals surface area contributed by atoms with Crippen molar-refractivity contribution >= 4 is 16.8 Å². The Morgan fingerprint density at radius 3 is 2.28 bits per heavy atom. The minimum atomic E-state index is -0.376. The molecule has 0 aliphatic carbocycles. The standard InChI is InChI=1S/C14H19ClO3/c1-3-7-17-12-6-5-11(10-14(15)16)9-13(12)18-8-4-2/h5-6,9H,3-4,7-8,10H2,1-2H3. The van der Waals surface area contributed by atoms with Gasteiger partial charge >= 0.3 is 0 Å². The van der Waals surface area contributed by atoms with Gasteiger partial charge in [-0.2, -0.15) is 0 Å². The number of halogens is 1. The lowest BCUT2D eigenvalue weighted by Crippen LogP contribution is -2.02. The fourth-order valence-electron chi connectivity index (χ4n) is 1.48. The molecule has 0 amide bonds. The Bertz CT molecular complexity index is 391. The van der Waals surface area contributed by atoms with Gasteiger partial charge in [-0.05, 0) is 42.1 Å². The van der Waals surface area contributed by atoms with Gasteiger partial charge in [0.15, 0.2) is 11.5 Å². The monoisotopic (exact) mass is 270 g/mol. The summed E-state index contributed by atoms with van der Waals surface area (Å²) < 4.78 is 11.2. The number of rotatable bonds is 8. The molecule has 0 fully saturated rings. The minimum absolute atomic E-state index is 0.206. The average molecular weight is 271 g/mol. The first-order chi connectivity index (χ1) is 8.67. The third-order valence-corrected chi connectivity index (χ3v) is 2.41. The summed E-state index contributed by atoms with van der Waals surface area (Å²) >= 11 is 5.38. The zero-order valence-electron chi connectivity index (χ0n) is 10.9. The molecule has 0 unspecified atom stereocenters. The number of hydrogen-bond acceptors (Lipinski definition) is 3. The van der Waals surface area contributed by atoms with Crippen LogP contribution >= 0.6 is 11.6 Å². The molecule has 0 radical (unpaired) electrons. The summed E-state index contributed by atoms with van der Waals surface area (Å²) in [7, 11) is 0. The summed E-state index contributed by atoms with van der Waals surface area (Å²) in [6.07, 6.45) is 2.07. The highest BCUT2D eigenvalue weighted by atomic mass is 35.5. The molecule has 0 N–H and O–H groups in total. The molecule has 1 aromatic carbocycles. The second-order valence-corrected chi connectivity index (χ2v) is 4.43. The lowest BCUT2D eigenvalue weighted by molar-refractivity contribution is -0.111. The summed E-state index contributed by atoms with van der Waals surface area (Å²) in [5, 5.41) is -0.376. The van der Waals surface area contributed by atoms with Crippen molar-refractivity contribution in [2.24, 2.45) is 0 Å². The zero-order valence-corrected chi connectivity index (χ0v) is 11.6. The Hall–Kier alpha value is -1.22. The van der Waals surface area contributed by atoms with Crippen molar-refractivity contribution in [1.29, 1.82) is 0 Å². The van der Waals surface area contributed by atoms with Gasteiger partial charge in [-0.25, -0.2) is 0 Å². The smallest absolute Gasteiger partial charge is 0.226 e. The molecule has 0 spiro atoms. The first-order valence-corrected chi connectivity index (χ1v) is 6.62. The van der Waals surface area contributed by atoms with E-state index in [9.17, 15) is 4.79 Å². The topological polar surface area (TPSA) is 35.5 Å². The van der Waals surface area contributed by atoms with Crippen LogP contribution in [-0.2, 0) is 11.2 Å². The van der Waals surface area contributed by atoms with Gasteiger partial charge < -0.3 is 9.47 Å². The quantitative estimate of drug-likeness (QED) is 0.678. The van der Waals surface area contributed by atoms with E-state index < -0.39 is 0 Å². The van der Waals surface area contributed by atoms with Crippen LogP contribution in [0.4, 0.5) is 0 Å². The van der Waals surface area contributed by atoms with Crippen LogP contribution < -0.4 is 9.47 Å². The normalized spacial score (nSPS) is 10.2. The van der Waals surface area contributed by atoms with E-state index in [1.807, 2.05) is 32.0 Å². The van der Waals surface area contributed by atoms with Gasteiger partial charge in [0.2, 0.25) is 5.24 Å². The molecule has 0 aliphatic rings. The molecule has 0 heterocycles. The Labute approximate surface area is 113 Å². The maximum atomic E-state index is 10.9. The maximum Gasteiger partial charge on any atom is 0.226 e. The van der Waals surface area contributed by atoms with Crippen LogP contribution in [0.3, 0.4) is 0 Å². The van der Waals surface area contributed by atoms with Crippen molar-refractivity contribution in [2.75, 3.05) is 13.2 Å². The summed E-state index contributed by atoms with van der Waals surface area (Å²) in [4.78, 5) is 10.9. The molecule has 0 atom stereocenters. The molecule has 18 heavy (non-hydrogen) atoms. The van der Waals surface area contributed by atoms with E-state index in [4.69, 9.17) is 21.1 Å². The van der Waals surface area contributed by atoms with Crippen LogP contribution in [0.1, 0.15) is 32.3 Å². The SMILES string of the molecule is CCCOc1ccc(CC(=O)Cl)cc1OCCC.